The molecule has 2 atom stereocenters. The van der Waals surface area contributed by atoms with Crippen LogP contribution < -0.4 is 4.90 Å². The highest BCUT2D eigenvalue weighted by molar-refractivity contribution is 7.86. The third-order valence-corrected chi connectivity index (χ3v) is 14.6. The minimum Gasteiger partial charge on any atom is -0.748 e. The van der Waals surface area contributed by atoms with Crippen molar-refractivity contribution in [3.8, 4) is 0 Å². The molecule has 0 bridgehead atoms. The first-order valence-corrected chi connectivity index (χ1v) is 26.4. The minimum atomic E-state index is -4.86. The molecule has 0 N–H and O–H groups in total. The molecule has 0 spiro atoms. The summed E-state index contributed by atoms with van der Waals surface area (Å²) < 4.78 is 126. The number of nitrogens with zero attached hydrogens (tertiary/aromatic N) is 3. The van der Waals surface area contributed by atoms with Crippen LogP contribution in [-0.4, -0.2) is 132 Å². The molecule has 372 valence electrons. The van der Waals surface area contributed by atoms with Crippen molar-refractivity contribution in [1.82, 2.24) is 5.06 Å². The highest BCUT2D eigenvalue weighted by Crippen LogP contribution is 2.51. The fourth-order valence-corrected chi connectivity index (χ4v) is 10.2. The summed E-state index contributed by atoms with van der Waals surface area (Å²) in [5.74, 6) is -2.47. The van der Waals surface area contributed by atoms with Crippen LogP contribution >= 0.6 is 0 Å². The van der Waals surface area contributed by atoms with Crippen LogP contribution in [0.4, 0.5) is 11.4 Å². The van der Waals surface area contributed by atoms with E-state index in [2.05, 4.69) is 0 Å². The molecule has 0 aliphatic carbocycles. The summed E-state index contributed by atoms with van der Waals surface area (Å²) in [5, 5.41) is 0.514. The second-order valence-electron chi connectivity index (χ2n) is 16.9. The molecule has 22 heteroatoms. The van der Waals surface area contributed by atoms with Crippen LogP contribution in [0.5, 0.6) is 0 Å². The second-order valence-corrected chi connectivity index (χ2v) is 21.2. The van der Waals surface area contributed by atoms with Gasteiger partial charge in [0.15, 0.2) is 12.3 Å². The number of allylic oxidation sites excluding steroid dienone is 8. The molecule has 0 radical (unpaired) electrons. The lowest BCUT2D eigenvalue weighted by atomic mass is 9.76. The van der Waals surface area contributed by atoms with E-state index in [-0.39, 0.29) is 43.6 Å². The number of rotatable bonds is 26. The zero-order valence-corrected chi connectivity index (χ0v) is 40.9. The van der Waals surface area contributed by atoms with Crippen LogP contribution in [0.1, 0.15) is 82.8 Å². The summed E-state index contributed by atoms with van der Waals surface area (Å²) in [6, 6.07) is 8.30. The van der Waals surface area contributed by atoms with Crippen LogP contribution in [0, 0.1) is 0 Å². The van der Waals surface area contributed by atoms with Gasteiger partial charge in [-0.2, -0.15) is 4.58 Å². The largest absolute Gasteiger partial charge is 0.748 e. The maximum Gasteiger partial charge on any atom is 0.333 e. The van der Waals surface area contributed by atoms with Crippen molar-refractivity contribution in [1.29, 1.82) is 0 Å². The van der Waals surface area contributed by atoms with Gasteiger partial charge in [-0.15, -0.1) is 5.06 Å². The van der Waals surface area contributed by atoms with Crippen LogP contribution in [0.25, 0.3) is 0 Å². The van der Waals surface area contributed by atoms with E-state index in [0.29, 0.717) is 91.9 Å². The van der Waals surface area contributed by atoms with Crippen LogP contribution in [0.15, 0.2) is 94.4 Å². The standard InChI is InChI=1S/C46H59N3O16S3/c1-45(23-13-31-66(53,54)55)36-32-34(67(56,57)58)18-20-39(36)48(26-28-64-30-29-63-4)40(45)14-9-6-5-7-10-15-41-46(2,24-27-62-3)37-33-35(68(59,60)61)17-19-38(37)47(41)25-12-8-11-16-44(52)65-49-42(50)21-22-43(49)51/h5-7,9-10,14-15,17-20,32-33H,8,11-13,16,21-31H2,1-4H3,(H2-,53,54,55,56,57,58,59,60,61)/p-2. The Morgan fingerprint density at radius 3 is 2.01 bits per heavy atom. The number of fused-ring (bicyclic) bond motifs is 2. The quantitative estimate of drug-likeness (QED) is 0.0416. The van der Waals surface area contributed by atoms with Crippen molar-refractivity contribution in [2.24, 2.45) is 0 Å². The van der Waals surface area contributed by atoms with Gasteiger partial charge in [0.2, 0.25) is 5.69 Å². The Morgan fingerprint density at radius 1 is 0.735 bits per heavy atom. The maximum absolute atomic E-state index is 12.4. The lowest BCUT2D eigenvalue weighted by molar-refractivity contribution is -0.442. The van der Waals surface area contributed by atoms with E-state index in [1.54, 1.807) is 63.7 Å². The third kappa shape index (κ3) is 13.4. The Morgan fingerprint density at radius 2 is 1.37 bits per heavy atom. The first kappa shape index (κ1) is 54.0. The predicted molar refractivity (Wildman–Crippen MR) is 245 cm³/mol. The molecule has 68 heavy (non-hydrogen) atoms. The van der Waals surface area contributed by atoms with Crippen LogP contribution in [-0.2, 0) is 74.6 Å². The molecule has 3 aliphatic rings. The highest BCUT2D eigenvalue weighted by Gasteiger charge is 2.48. The van der Waals surface area contributed by atoms with Gasteiger partial charge in [-0.25, -0.2) is 30.0 Å². The van der Waals surface area contributed by atoms with Gasteiger partial charge in [-0.3, -0.25) is 9.59 Å². The van der Waals surface area contributed by atoms with Gasteiger partial charge in [-0.1, -0.05) is 36.8 Å². The Labute approximate surface area is 398 Å². The number of amides is 2. The molecule has 1 saturated heterocycles. The number of unbranched alkanes of at least 4 members (excludes halogenated alkanes) is 2. The fraction of sp³-hybridized carbons (Fsp3) is 0.478. The van der Waals surface area contributed by atoms with Crippen molar-refractivity contribution in [3.05, 3.63) is 95.8 Å². The van der Waals surface area contributed by atoms with Gasteiger partial charge in [0.05, 0.1) is 38.5 Å². The number of hydrogen-bond acceptors (Lipinski definition) is 17. The monoisotopic (exact) mass is 1000 g/mol. The SMILES string of the molecule is COCCOCC[N+]1=C(/C=C/C=C/C=C/C=C2/N(CCCCCC(=O)ON3C(=O)CCC3=O)c3ccc(S(=O)(=O)[O-])cc3C2(C)CCOC)C(C)(CCCS(=O)(=O)[O-])c2cc(S(=O)(=O)[O-])ccc21. The van der Waals surface area contributed by atoms with Gasteiger partial charge >= 0.3 is 5.97 Å². The van der Waals surface area contributed by atoms with E-state index < -0.39 is 69.6 Å². The zero-order valence-electron chi connectivity index (χ0n) is 38.4. The van der Waals surface area contributed by atoms with E-state index in [0.717, 1.165) is 5.70 Å². The molecule has 3 aliphatic heterocycles. The number of imide groups is 1. The van der Waals surface area contributed by atoms with Crippen LogP contribution in [0.3, 0.4) is 0 Å². The first-order valence-electron chi connectivity index (χ1n) is 22.0. The van der Waals surface area contributed by atoms with Gasteiger partial charge in [0.1, 0.15) is 26.8 Å². The number of carbonyl (C=O) groups excluding carboxylic acids is 3. The number of methoxy groups -OCH3 is 2. The van der Waals surface area contributed by atoms with Gasteiger partial charge in [0, 0.05) is 86.9 Å². The van der Waals surface area contributed by atoms with E-state index in [1.165, 1.54) is 30.3 Å². The summed E-state index contributed by atoms with van der Waals surface area (Å²) in [6.07, 6.45) is 14.5. The van der Waals surface area contributed by atoms with Gasteiger partial charge < -0.3 is 37.6 Å². The molecular weight excluding hydrogens is 947 g/mol. The van der Waals surface area contributed by atoms with Crippen molar-refractivity contribution in [2.75, 3.05) is 64.4 Å². The minimum absolute atomic E-state index is 0.0106. The molecule has 0 aromatic heterocycles. The maximum atomic E-state index is 12.4. The fourth-order valence-electron chi connectivity index (χ4n) is 8.70. The Hall–Kier alpha value is -4.91. The van der Waals surface area contributed by atoms with Crippen LogP contribution in [0.2, 0.25) is 0 Å². The Balaban J connectivity index is 1.42. The number of benzene rings is 2. The van der Waals surface area contributed by atoms with E-state index >= 15 is 0 Å². The molecule has 3 heterocycles. The normalized spacial score (nSPS) is 20.6. The Kier molecular flexibility index (Phi) is 18.4. The van der Waals surface area contributed by atoms with E-state index in [9.17, 15) is 53.3 Å². The summed E-state index contributed by atoms with van der Waals surface area (Å²) >= 11 is 0. The van der Waals surface area contributed by atoms with Gasteiger partial charge in [-0.05, 0) is 87.9 Å². The third-order valence-electron chi connectivity index (χ3n) is 12.2. The molecule has 2 aromatic rings. The van der Waals surface area contributed by atoms with Crippen molar-refractivity contribution < 1.29 is 76.9 Å². The number of hydroxylamine groups is 2. The molecule has 0 saturated carbocycles. The van der Waals surface area contributed by atoms with Crippen molar-refractivity contribution in [3.63, 3.8) is 0 Å². The average molecular weight is 1000 g/mol. The summed E-state index contributed by atoms with van der Waals surface area (Å²) in [6.45, 7) is 5.66. The first-order chi connectivity index (χ1) is 32.0. The van der Waals surface area contributed by atoms with E-state index in [1.807, 2.05) is 22.5 Å². The molecule has 19 nitrogen and oxygen atoms in total. The number of carbonyl (C=O) groups is 3. The number of hydrogen-bond donors (Lipinski definition) is 0. The number of ether oxygens (including phenoxy) is 3. The van der Waals surface area contributed by atoms with E-state index in [4.69, 9.17) is 19.0 Å². The molecule has 2 unspecified atom stereocenters. The summed E-state index contributed by atoms with van der Waals surface area (Å²) in [4.78, 5) is 42.3. The molecular formula is C46H57N3O16S3-2. The Bertz CT molecular complexity index is 2700. The summed E-state index contributed by atoms with van der Waals surface area (Å²) in [5.41, 5.74) is 1.95. The molecule has 1 fully saturated rings. The van der Waals surface area contributed by atoms with Gasteiger partial charge in [0.25, 0.3) is 11.8 Å². The smallest absolute Gasteiger partial charge is 0.333 e. The van der Waals surface area contributed by atoms with Crippen molar-refractivity contribution in [2.45, 2.75) is 92.3 Å². The second kappa shape index (κ2) is 23.1. The highest BCUT2D eigenvalue weighted by atomic mass is 32.2. The number of anilines is 1. The lowest BCUT2D eigenvalue weighted by Crippen LogP contribution is -2.32. The topological polar surface area (TPSA) is 269 Å². The zero-order chi connectivity index (χ0) is 49.9. The molecule has 5 rings (SSSR count). The predicted octanol–water partition coefficient (Wildman–Crippen LogP) is 4.37. The molecule has 2 aromatic carbocycles. The lowest BCUT2D eigenvalue weighted by Gasteiger charge is -2.30. The molecule has 2 amide bonds. The summed E-state index contributed by atoms with van der Waals surface area (Å²) in [7, 11) is -11.1. The van der Waals surface area contributed by atoms with Crippen molar-refractivity contribution >= 4 is 65.2 Å². The average Bonchev–Trinajstić information content (AvgIpc) is 3.79.